The third-order valence-electron chi connectivity index (χ3n) is 5.05. The fourth-order valence-corrected chi connectivity index (χ4v) is 4.10. The zero-order chi connectivity index (χ0) is 23.7. The molecule has 170 valence electrons. The second-order valence-electron chi connectivity index (χ2n) is 7.25. The molecule has 34 heavy (non-hydrogen) atoms. The molecule has 0 spiro atoms. The maximum Gasteiger partial charge on any atom is 0.337 e. The van der Waals surface area contributed by atoms with Crippen LogP contribution in [-0.2, 0) is 9.53 Å². The number of halogens is 1. The molecular formula is C23H17FN6O3S. The number of hydrogen-bond donors (Lipinski definition) is 1. The molecule has 0 aliphatic rings. The van der Waals surface area contributed by atoms with Gasteiger partial charge in [-0.3, -0.25) is 9.20 Å². The van der Waals surface area contributed by atoms with Gasteiger partial charge in [-0.05, 0) is 54.6 Å². The van der Waals surface area contributed by atoms with E-state index in [9.17, 15) is 14.0 Å². The molecule has 0 radical (unpaired) electrons. The molecule has 0 bridgehead atoms. The maximum absolute atomic E-state index is 13.2. The first kappa shape index (κ1) is 21.6. The molecule has 0 saturated carbocycles. The normalized spacial score (nSPS) is 11.1. The number of hydrogen-bond acceptors (Lipinski definition) is 7. The largest absolute Gasteiger partial charge is 0.465 e. The topological polar surface area (TPSA) is 103 Å². The molecule has 9 nitrogen and oxygen atoms in total. The van der Waals surface area contributed by atoms with Crippen molar-refractivity contribution in [1.29, 1.82) is 0 Å². The SMILES string of the molecule is COC(=O)c1ccc(NC(=O)CSc2nnc3c4cc(-c5ccc(F)cc5)nn4ccn23)cc1. The number of thioether (sulfide) groups is 1. The van der Waals surface area contributed by atoms with Crippen molar-refractivity contribution < 1.29 is 18.7 Å². The van der Waals surface area contributed by atoms with Crippen molar-refractivity contribution in [3.05, 3.63) is 78.4 Å². The molecule has 0 aliphatic carbocycles. The molecule has 3 aromatic heterocycles. The molecule has 1 N–H and O–H groups in total. The Balaban J connectivity index is 1.30. The lowest BCUT2D eigenvalue weighted by molar-refractivity contribution is -0.113. The van der Waals surface area contributed by atoms with Gasteiger partial charge in [-0.25, -0.2) is 13.7 Å². The second kappa shape index (κ2) is 8.94. The Morgan fingerprint density at radius 1 is 1.06 bits per heavy atom. The van der Waals surface area contributed by atoms with Gasteiger partial charge in [0.05, 0.1) is 24.1 Å². The van der Waals surface area contributed by atoms with E-state index in [2.05, 4.69) is 25.3 Å². The number of fused-ring (bicyclic) bond motifs is 3. The molecule has 11 heteroatoms. The minimum Gasteiger partial charge on any atom is -0.465 e. The summed E-state index contributed by atoms with van der Waals surface area (Å²) in [5, 5.41) is 16.3. The molecule has 0 fully saturated rings. The number of rotatable bonds is 6. The van der Waals surface area contributed by atoms with Gasteiger partial charge >= 0.3 is 5.97 Å². The van der Waals surface area contributed by atoms with Crippen LogP contribution in [0.1, 0.15) is 10.4 Å². The number of esters is 1. The van der Waals surface area contributed by atoms with Gasteiger partial charge in [0.1, 0.15) is 11.3 Å². The van der Waals surface area contributed by atoms with E-state index in [0.717, 1.165) is 11.1 Å². The zero-order valence-corrected chi connectivity index (χ0v) is 18.6. The maximum atomic E-state index is 13.2. The summed E-state index contributed by atoms with van der Waals surface area (Å²) in [6.07, 6.45) is 3.54. The highest BCUT2D eigenvalue weighted by molar-refractivity contribution is 7.99. The van der Waals surface area contributed by atoms with Crippen molar-refractivity contribution in [3.8, 4) is 11.3 Å². The van der Waals surface area contributed by atoms with E-state index in [1.54, 1.807) is 57.7 Å². The molecule has 0 unspecified atom stereocenters. The van der Waals surface area contributed by atoms with Gasteiger partial charge in [0.2, 0.25) is 5.91 Å². The van der Waals surface area contributed by atoms with Crippen molar-refractivity contribution in [2.45, 2.75) is 5.16 Å². The summed E-state index contributed by atoms with van der Waals surface area (Å²) in [6, 6.07) is 14.4. The Hall–Kier alpha value is -4.25. The van der Waals surface area contributed by atoms with E-state index in [4.69, 9.17) is 0 Å². The van der Waals surface area contributed by atoms with Gasteiger partial charge in [-0.15, -0.1) is 10.2 Å². The van der Waals surface area contributed by atoms with Crippen molar-refractivity contribution in [2.24, 2.45) is 0 Å². The summed E-state index contributed by atoms with van der Waals surface area (Å²) in [7, 11) is 1.31. The number of methoxy groups -OCH3 is 1. The van der Waals surface area contributed by atoms with Gasteiger partial charge in [-0.2, -0.15) is 5.10 Å². The Labute approximate surface area is 196 Å². The Kier molecular flexibility index (Phi) is 5.68. The fraction of sp³-hybridized carbons (Fsp3) is 0.0870. The standard InChI is InChI=1S/C23H17FN6O3S/c1-33-22(32)15-4-8-17(9-5-15)25-20(31)13-34-23-27-26-21-19-12-18(14-2-6-16(24)7-3-14)28-30(19)11-10-29(21)23/h2-12H,13H2,1H3,(H,25,31). The van der Waals surface area contributed by atoms with Crippen LogP contribution in [0.5, 0.6) is 0 Å². The number of ether oxygens (including phenoxy) is 1. The highest BCUT2D eigenvalue weighted by atomic mass is 32.2. The van der Waals surface area contributed by atoms with Crippen LogP contribution in [0, 0.1) is 5.82 Å². The summed E-state index contributed by atoms with van der Waals surface area (Å²) in [5.74, 6) is -0.859. The third kappa shape index (κ3) is 4.20. The number of benzene rings is 2. The van der Waals surface area contributed by atoms with Crippen molar-refractivity contribution in [3.63, 3.8) is 0 Å². The zero-order valence-electron chi connectivity index (χ0n) is 17.8. The molecule has 0 saturated heterocycles. The second-order valence-corrected chi connectivity index (χ2v) is 8.19. The first-order valence-corrected chi connectivity index (χ1v) is 11.1. The van der Waals surface area contributed by atoms with Crippen LogP contribution in [0.15, 0.2) is 72.1 Å². The number of carbonyl (C=O) groups is 2. The highest BCUT2D eigenvalue weighted by Crippen LogP contribution is 2.24. The molecule has 3 heterocycles. The molecule has 5 aromatic rings. The van der Waals surface area contributed by atoms with E-state index in [-0.39, 0.29) is 17.5 Å². The summed E-state index contributed by atoms with van der Waals surface area (Å²) in [5.41, 5.74) is 3.76. The average Bonchev–Trinajstić information content (AvgIpc) is 3.47. The van der Waals surface area contributed by atoms with Gasteiger partial charge < -0.3 is 10.1 Å². The third-order valence-corrected chi connectivity index (χ3v) is 5.99. The first-order valence-electron chi connectivity index (χ1n) is 10.1. The monoisotopic (exact) mass is 476 g/mol. The average molecular weight is 476 g/mol. The van der Waals surface area contributed by atoms with Gasteiger partial charge in [0, 0.05) is 23.6 Å². The number of nitrogens with one attached hydrogen (secondary N) is 1. The van der Waals surface area contributed by atoms with Crippen LogP contribution in [0.3, 0.4) is 0 Å². The van der Waals surface area contributed by atoms with Crippen LogP contribution >= 0.6 is 11.8 Å². The Bertz CT molecular complexity index is 1510. The smallest absolute Gasteiger partial charge is 0.337 e. The van der Waals surface area contributed by atoms with Gasteiger partial charge in [0.25, 0.3) is 0 Å². The van der Waals surface area contributed by atoms with Crippen molar-refractivity contribution in [1.82, 2.24) is 24.2 Å². The lowest BCUT2D eigenvalue weighted by Gasteiger charge is -2.06. The lowest BCUT2D eigenvalue weighted by atomic mass is 10.1. The Morgan fingerprint density at radius 3 is 2.56 bits per heavy atom. The van der Waals surface area contributed by atoms with Crippen LogP contribution in [-0.4, -0.2) is 49.0 Å². The number of anilines is 1. The fourth-order valence-electron chi connectivity index (χ4n) is 3.39. The predicted molar refractivity (Wildman–Crippen MR) is 124 cm³/mol. The Morgan fingerprint density at radius 2 is 1.82 bits per heavy atom. The summed E-state index contributed by atoms with van der Waals surface area (Å²) in [6.45, 7) is 0. The number of nitrogens with zero attached hydrogens (tertiary/aromatic N) is 5. The first-order chi connectivity index (χ1) is 16.5. The lowest BCUT2D eigenvalue weighted by Crippen LogP contribution is -2.14. The summed E-state index contributed by atoms with van der Waals surface area (Å²) < 4.78 is 21.4. The number of amides is 1. The number of aromatic nitrogens is 5. The van der Waals surface area contributed by atoms with Crippen molar-refractivity contribution in [2.75, 3.05) is 18.2 Å². The van der Waals surface area contributed by atoms with E-state index >= 15 is 0 Å². The van der Waals surface area contributed by atoms with Crippen molar-refractivity contribution >= 4 is 40.5 Å². The highest BCUT2D eigenvalue weighted by Gasteiger charge is 2.14. The van der Waals surface area contributed by atoms with E-state index in [1.807, 2.05) is 6.07 Å². The van der Waals surface area contributed by atoms with Crippen LogP contribution in [0.2, 0.25) is 0 Å². The molecule has 5 rings (SSSR count). The number of carbonyl (C=O) groups excluding carboxylic acids is 2. The van der Waals surface area contributed by atoms with Gasteiger partial charge in [-0.1, -0.05) is 11.8 Å². The molecular weight excluding hydrogens is 459 g/mol. The minimum atomic E-state index is -0.441. The van der Waals surface area contributed by atoms with Gasteiger partial charge in [0.15, 0.2) is 10.8 Å². The molecule has 2 aromatic carbocycles. The van der Waals surface area contributed by atoms with E-state index in [1.165, 1.54) is 31.0 Å². The van der Waals surface area contributed by atoms with E-state index < -0.39 is 5.97 Å². The molecule has 0 aliphatic heterocycles. The van der Waals surface area contributed by atoms with Crippen LogP contribution in [0.4, 0.5) is 10.1 Å². The summed E-state index contributed by atoms with van der Waals surface area (Å²) in [4.78, 5) is 23.9. The minimum absolute atomic E-state index is 0.116. The van der Waals surface area contributed by atoms with Crippen LogP contribution in [0.25, 0.3) is 22.4 Å². The van der Waals surface area contributed by atoms with Crippen LogP contribution < -0.4 is 5.32 Å². The summed E-state index contributed by atoms with van der Waals surface area (Å²) >= 11 is 1.24. The predicted octanol–water partition coefficient (Wildman–Crippen LogP) is 3.70. The van der Waals surface area contributed by atoms with E-state index in [0.29, 0.717) is 27.7 Å². The quantitative estimate of drug-likeness (QED) is 0.294. The molecule has 0 atom stereocenters. The molecule has 1 amide bonds.